The molecule has 2 heterocycles. The molecular weight excluding hydrogens is 376 g/mol. The summed E-state index contributed by atoms with van der Waals surface area (Å²) in [7, 11) is 6.47. The van der Waals surface area contributed by atoms with E-state index in [1.807, 2.05) is 31.2 Å². The Bertz CT molecular complexity index is 901. The van der Waals surface area contributed by atoms with Gasteiger partial charge < -0.3 is 33.2 Å². The first-order valence-electron chi connectivity index (χ1n) is 9.43. The smallest absolute Gasteiger partial charge is 0.231 e. The van der Waals surface area contributed by atoms with Crippen LogP contribution in [-0.2, 0) is 4.74 Å². The second kappa shape index (κ2) is 7.22. The van der Waals surface area contributed by atoms with Crippen LogP contribution >= 0.6 is 0 Å². The number of methoxy groups -OCH3 is 4. The fourth-order valence-electron chi connectivity index (χ4n) is 4.13. The van der Waals surface area contributed by atoms with E-state index in [9.17, 15) is 0 Å². The summed E-state index contributed by atoms with van der Waals surface area (Å²) in [5, 5.41) is 0. The molecule has 1 unspecified atom stereocenters. The highest BCUT2D eigenvalue weighted by Gasteiger charge is 2.46. The second-order valence-electron chi connectivity index (χ2n) is 7.29. The Morgan fingerprint density at radius 2 is 1.48 bits per heavy atom. The van der Waals surface area contributed by atoms with Gasteiger partial charge in [0.05, 0.1) is 21.3 Å². The van der Waals surface area contributed by atoms with Gasteiger partial charge in [-0.25, -0.2) is 0 Å². The summed E-state index contributed by atoms with van der Waals surface area (Å²) in [6.45, 7) is 4.24. The van der Waals surface area contributed by atoms with Crippen molar-refractivity contribution in [1.82, 2.24) is 0 Å². The molecule has 156 valence electrons. The van der Waals surface area contributed by atoms with E-state index in [2.05, 4.69) is 6.92 Å². The average Bonchev–Trinajstić information content (AvgIpc) is 3.19. The molecule has 0 saturated carbocycles. The lowest BCUT2D eigenvalue weighted by Gasteiger charge is -2.44. The number of ether oxygens (including phenoxy) is 7. The van der Waals surface area contributed by atoms with Crippen LogP contribution in [0, 0.1) is 5.92 Å². The van der Waals surface area contributed by atoms with Crippen LogP contribution in [0.25, 0.3) is 0 Å². The Hall–Kier alpha value is -2.80. The normalized spacial score (nSPS) is 24.5. The SMILES string of the molecule is COc1cc([C@@H]2c3cc4c(cc3OC(C)(OC)[C@H]2C)OCO4)cc(OC)c1OC. The second-order valence-corrected chi connectivity index (χ2v) is 7.29. The van der Waals surface area contributed by atoms with Crippen LogP contribution in [0.4, 0.5) is 0 Å². The lowest BCUT2D eigenvalue weighted by molar-refractivity contribution is -0.194. The molecule has 2 aromatic carbocycles. The number of hydrogen-bond donors (Lipinski definition) is 0. The zero-order valence-electron chi connectivity index (χ0n) is 17.5. The molecule has 2 aliphatic heterocycles. The summed E-state index contributed by atoms with van der Waals surface area (Å²) in [6.07, 6.45) is 0. The zero-order chi connectivity index (χ0) is 20.8. The minimum absolute atomic E-state index is 0.0248. The Balaban J connectivity index is 1.93. The standard InChI is InChI=1S/C22H26O7/c1-12-20(13-7-18(23-3)21(25-5)19(8-13)24-4)14-9-16-17(28-11-27-16)10-15(14)29-22(12,2)26-6/h7-10,12,20H,11H2,1-6H3/t12-,20+,22?/m0/s1. The predicted octanol–water partition coefficient (Wildman–Crippen LogP) is 3.96. The maximum Gasteiger partial charge on any atom is 0.231 e. The summed E-state index contributed by atoms with van der Waals surface area (Å²) >= 11 is 0. The number of rotatable bonds is 5. The molecule has 2 aromatic rings. The molecule has 7 nitrogen and oxygen atoms in total. The van der Waals surface area contributed by atoms with Gasteiger partial charge in [-0.15, -0.1) is 0 Å². The average molecular weight is 402 g/mol. The van der Waals surface area contributed by atoms with Crippen LogP contribution in [0.3, 0.4) is 0 Å². The lowest BCUT2D eigenvalue weighted by atomic mass is 9.75. The molecule has 0 bridgehead atoms. The molecule has 29 heavy (non-hydrogen) atoms. The molecule has 0 aliphatic carbocycles. The highest BCUT2D eigenvalue weighted by Crippen LogP contribution is 2.53. The first kappa shape index (κ1) is 19.5. The minimum atomic E-state index is -0.828. The third-order valence-corrected chi connectivity index (χ3v) is 5.93. The van der Waals surface area contributed by atoms with Gasteiger partial charge in [0.1, 0.15) is 5.75 Å². The Morgan fingerprint density at radius 1 is 0.862 bits per heavy atom. The molecule has 7 heteroatoms. The van der Waals surface area contributed by atoms with Crippen molar-refractivity contribution in [3.8, 4) is 34.5 Å². The van der Waals surface area contributed by atoms with Crippen molar-refractivity contribution in [1.29, 1.82) is 0 Å². The number of hydrogen-bond acceptors (Lipinski definition) is 7. The van der Waals surface area contributed by atoms with Crippen LogP contribution in [-0.4, -0.2) is 41.0 Å². The van der Waals surface area contributed by atoms with E-state index < -0.39 is 5.79 Å². The molecule has 4 rings (SSSR count). The van der Waals surface area contributed by atoms with Crippen molar-refractivity contribution in [2.75, 3.05) is 35.2 Å². The number of fused-ring (bicyclic) bond motifs is 2. The van der Waals surface area contributed by atoms with E-state index in [4.69, 9.17) is 33.2 Å². The highest BCUT2D eigenvalue weighted by molar-refractivity contribution is 5.60. The molecule has 2 aliphatic rings. The number of benzene rings is 2. The summed E-state index contributed by atoms with van der Waals surface area (Å²) in [6, 6.07) is 7.79. The molecular formula is C22H26O7. The molecule has 0 saturated heterocycles. The molecule has 3 atom stereocenters. The van der Waals surface area contributed by atoms with E-state index in [0.29, 0.717) is 34.5 Å². The van der Waals surface area contributed by atoms with E-state index in [1.54, 1.807) is 28.4 Å². The van der Waals surface area contributed by atoms with Crippen LogP contribution in [0.2, 0.25) is 0 Å². The molecule has 0 radical (unpaired) electrons. The first-order valence-corrected chi connectivity index (χ1v) is 9.43. The maximum atomic E-state index is 6.27. The summed E-state index contributed by atoms with van der Waals surface area (Å²) in [4.78, 5) is 0. The molecule has 0 aromatic heterocycles. The van der Waals surface area contributed by atoms with Crippen molar-refractivity contribution in [2.45, 2.75) is 25.6 Å². The van der Waals surface area contributed by atoms with Gasteiger partial charge in [-0.2, -0.15) is 0 Å². The van der Waals surface area contributed by atoms with Crippen molar-refractivity contribution >= 4 is 0 Å². The Morgan fingerprint density at radius 3 is 2.03 bits per heavy atom. The largest absolute Gasteiger partial charge is 0.493 e. The van der Waals surface area contributed by atoms with Gasteiger partial charge in [0.15, 0.2) is 23.0 Å². The Labute approximate surface area is 170 Å². The van der Waals surface area contributed by atoms with Crippen LogP contribution in [0.1, 0.15) is 30.9 Å². The monoisotopic (exact) mass is 402 g/mol. The van der Waals surface area contributed by atoms with E-state index >= 15 is 0 Å². The lowest BCUT2D eigenvalue weighted by Crippen LogP contribution is -2.47. The van der Waals surface area contributed by atoms with Crippen molar-refractivity contribution in [3.63, 3.8) is 0 Å². The minimum Gasteiger partial charge on any atom is -0.493 e. The third-order valence-electron chi connectivity index (χ3n) is 5.93. The quantitative estimate of drug-likeness (QED) is 0.750. The van der Waals surface area contributed by atoms with Crippen molar-refractivity contribution in [3.05, 3.63) is 35.4 Å². The first-order chi connectivity index (χ1) is 14.0. The van der Waals surface area contributed by atoms with Crippen LogP contribution < -0.4 is 28.4 Å². The van der Waals surface area contributed by atoms with Gasteiger partial charge in [0, 0.05) is 37.5 Å². The highest BCUT2D eigenvalue weighted by atomic mass is 16.7. The Kier molecular flexibility index (Phi) is 4.86. The zero-order valence-corrected chi connectivity index (χ0v) is 17.5. The van der Waals surface area contributed by atoms with Gasteiger partial charge >= 0.3 is 0 Å². The van der Waals surface area contributed by atoms with Gasteiger partial charge in [-0.3, -0.25) is 0 Å². The molecule has 0 spiro atoms. The van der Waals surface area contributed by atoms with E-state index in [1.165, 1.54) is 0 Å². The van der Waals surface area contributed by atoms with Gasteiger partial charge in [0.25, 0.3) is 0 Å². The summed E-state index contributed by atoms with van der Waals surface area (Å²) in [5.41, 5.74) is 1.99. The third kappa shape index (κ3) is 3.00. The molecule has 0 amide bonds. The van der Waals surface area contributed by atoms with Crippen molar-refractivity contribution in [2.24, 2.45) is 5.92 Å². The van der Waals surface area contributed by atoms with Gasteiger partial charge in [0.2, 0.25) is 18.3 Å². The van der Waals surface area contributed by atoms with Crippen LogP contribution in [0.15, 0.2) is 24.3 Å². The van der Waals surface area contributed by atoms with E-state index in [0.717, 1.165) is 11.1 Å². The van der Waals surface area contributed by atoms with Gasteiger partial charge in [-0.1, -0.05) is 6.92 Å². The topological polar surface area (TPSA) is 64.6 Å². The maximum absolute atomic E-state index is 6.27. The predicted molar refractivity (Wildman–Crippen MR) is 106 cm³/mol. The molecule has 0 fully saturated rings. The summed E-state index contributed by atoms with van der Waals surface area (Å²) < 4.78 is 39.8. The summed E-state index contributed by atoms with van der Waals surface area (Å²) in [5.74, 6) is 2.91. The van der Waals surface area contributed by atoms with Crippen LogP contribution in [0.5, 0.6) is 34.5 Å². The fourth-order valence-corrected chi connectivity index (χ4v) is 4.13. The van der Waals surface area contributed by atoms with E-state index in [-0.39, 0.29) is 18.6 Å². The van der Waals surface area contributed by atoms with Crippen molar-refractivity contribution < 1.29 is 33.2 Å². The fraction of sp³-hybridized carbons (Fsp3) is 0.455. The molecule has 0 N–H and O–H groups in total. The van der Waals surface area contributed by atoms with Gasteiger partial charge in [-0.05, 0) is 23.8 Å².